The monoisotopic (exact) mass is 342 g/mol. The van der Waals surface area contributed by atoms with E-state index in [1.165, 1.54) is 44.3 Å². The van der Waals surface area contributed by atoms with Crippen LogP contribution in [0.4, 0.5) is 4.79 Å². The molecule has 0 radical (unpaired) electrons. The number of hydrogen-bond acceptors (Lipinski definition) is 4. The van der Waals surface area contributed by atoms with Crippen LogP contribution >= 0.6 is 11.8 Å². The van der Waals surface area contributed by atoms with Gasteiger partial charge in [0.25, 0.3) is 0 Å². The highest BCUT2D eigenvalue weighted by molar-refractivity contribution is 7.99. The van der Waals surface area contributed by atoms with Crippen molar-refractivity contribution in [1.29, 1.82) is 0 Å². The highest BCUT2D eigenvalue weighted by Crippen LogP contribution is 2.30. The summed E-state index contributed by atoms with van der Waals surface area (Å²) < 4.78 is 5.38. The van der Waals surface area contributed by atoms with Crippen LogP contribution in [0.3, 0.4) is 0 Å². The molecule has 1 amide bonds. The molecule has 2 aliphatic rings. The number of carbonyl (C=O) groups excluding carboxylic acids is 1. The van der Waals surface area contributed by atoms with Crippen molar-refractivity contribution in [2.24, 2.45) is 5.92 Å². The summed E-state index contributed by atoms with van der Waals surface area (Å²) in [6, 6.07) is 0.941. The fraction of sp³-hybridized carbons (Fsp3) is 0.944. The zero-order chi connectivity index (χ0) is 16.9. The number of rotatable bonds is 5. The van der Waals surface area contributed by atoms with Crippen LogP contribution in [0.2, 0.25) is 0 Å². The smallest absolute Gasteiger partial charge is 0.407 e. The first-order chi connectivity index (χ1) is 10.8. The highest BCUT2D eigenvalue weighted by atomic mass is 32.2. The van der Waals surface area contributed by atoms with Gasteiger partial charge in [-0.1, -0.05) is 19.8 Å². The summed E-state index contributed by atoms with van der Waals surface area (Å²) in [5, 5.41) is 7.53. The summed E-state index contributed by atoms with van der Waals surface area (Å²) in [5.74, 6) is 1.97. The van der Waals surface area contributed by atoms with Crippen LogP contribution in [0.5, 0.6) is 0 Å². The molecule has 23 heavy (non-hydrogen) atoms. The second kappa shape index (κ2) is 8.61. The molecule has 1 aliphatic heterocycles. The van der Waals surface area contributed by atoms with Gasteiger partial charge in [-0.25, -0.2) is 4.79 Å². The third kappa shape index (κ3) is 6.54. The second-order valence-electron chi connectivity index (χ2n) is 8.03. The molecular weight excluding hydrogens is 308 g/mol. The number of carbonyl (C=O) groups is 1. The standard InChI is InChI=1S/C18H34N2O2S/c1-13-15(10-7-11-23-13)20-16(14-8-5-6-9-14)12-19-17(21)22-18(2,3)4/h13-16,20H,5-12H2,1-4H3,(H,19,21). The van der Waals surface area contributed by atoms with E-state index in [0.29, 0.717) is 29.8 Å². The van der Waals surface area contributed by atoms with Gasteiger partial charge in [0.15, 0.2) is 0 Å². The number of amides is 1. The predicted molar refractivity (Wildman–Crippen MR) is 98.1 cm³/mol. The minimum absolute atomic E-state index is 0.298. The van der Waals surface area contributed by atoms with Gasteiger partial charge in [0, 0.05) is 23.9 Å². The summed E-state index contributed by atoms with van der Waals surface area (Å²) in [5.41, 5.74) is -0.436. The van der Waals surface area contributed by atoms with Crippen LogP contribution in [0.25, 0.3) is 0 Å². The van der Waals surface area contributed by atoms with Crippen molar-refractivity contribution in [3.8, 4) is 0 Å². The molecule has 1 saturated heterocycles. The minimum Gasteiger partial charge on any atom is -0.444 e. The topological polar surface area (TPSA) is 50.4 Å². The summed E-state index contributed by atoms with van der Waals surface area (Å²) in [7, 11) is 0. The molecule has 0 aromatic rings. The normalized spacial score (nSPS) is 27.7. The number of nitrogens with one attached hydrogen (secondary N) is 2. The van der Waals surface area contributed by atoms with E-state index in [1.54, 1.807) is 0 Å². The van der Waals surface area contributed by atoms with Gasteiger partial charge in [-0.05, 0) is 58.1 Å². The molecule has 5 heteroatoms. The lowest BCUT2D eigenvalue weighted by Crippen LogP contribution is -2.52. The average molecular weight is 343 g/mol. The third-order valence-corrected chi connectivity index (χ3v) is 6.25. The van der Waals surface area contributed by atoms with E-state index < -0.39 is 5.60 Å². The first-order valence-corrected chi connectivity index (χ1v) is 10.2. The van der Waals surface area contributed by atoms with Crippen LogP contribution in [0, 0.1) is 5.92 Å². The van der Waals surface area contributed by atoms with Crippen molar-refractivity contribution in [2.75, 3.05) is 12.3 Å². The van der Waals surface area contributed by atoms with Crippen LogP contribution in [0.15, 0.2) is 0 Å². The summed E-state index contributed by atoms with van der Waals surface area (Å²) in [6.45, 7) is 8.71. The van der Waals surface area contributed by atoms with Crippen molar-refractivity contribution < 1.29 is 9.53 Å². The summed E-state index contributed by atoms with van der Waals surface area (Å²) in [4.78, 5) is 12.0. The number of ether oxygens (including phenoxy) is 1. The van der Waals surface area contributed by atoms with Crippen LogP contribution < -0.4 is 10.6 Å². The van der Waals surface area contributed by atoms with Crippen LogP contribution in [-0.2, 0) is 4.74 Å². The van der Waals surface area contributed by atoms with Gasteiger partial charge in [-0.3, -0.25) is 0 Å². The Kier molecular flexibility index (Phi) is 7.08. The van der Waals surface area contributed by atoms with E-state index in [0.717, 1.165) is 0 Å². The molecule has 1 aliphatic carbocycles. The molecule has 0 spiro atoms. The van der Waals surface area contributed by atoms with Gasteiger partial charge in [0.2, 0.25) is 0 Å². The lowest BCUT2D eigenvalue weighted by atomic mass is 9.95. The Morgan fingerprint density at radius 2 is 1.91 bits per heavy atom. The first-order valence-electron chi connectivity index (χ1n) is 9.19. The summed E-state index contributed by atoms with van der Waals surface area (Å²) >= 11 is 2.07. The molecule has 1 saturated carbocycles. The molecule has 0 aromatic heterocycles. The molecule has 1 heterocycles. The van der Waals surface area contributed by atoms with Crippen molar-refractivity contribution in [2.45, 2.75) is 89.2 Å². The van der Waals surface area contributed by atoms with E-state index in [1.807, 2.05) is 20.8 Å². The lowest BCUT2D eigenvalue weighted by Gasteiger charge is -2.35. The molecule has 2 fully saturated rings. The zero-order valence-electron chi connectivity index (χ0n) is 15.2. The molecule has 0 aromatic carbocycles. The zero-order valence-corrected chi connectivity index (χ0v) is 16.0. The maximum Gasteiger partial charge on any atom is 0.407 e. The molecular formula is C18H34N2O2S. The molecule has 4 nitrogen and oxygen atoms in total. The maximum atomic E-state index is 12.0. The van der Waals surface area contributed by atoms with Crippen molar-refractivity contribution in [3.05, 3.63) is 0 Å². The number of hydrogen-bond donors (Lipinski definition) is 2. The molecule has 3 unspecified atom stereocenters. The Hall–Kier alpha value is -0.420. The van der Waals surface area contributed by atoms with Gasteiger partial charge in [-0.15, -0.1) is 0 Å². The largest absolute Gasteiger partial charge is 0.444 e. The van der Waals surface area contributed by atoms with Crippen molar-refractivity contribution >= 4 is 17.9 Å². The van der Waals surface area contributed by atoms with Crippen LogP contribution in [0.1, 0.15) is 66.2 Å². The summed E-state index contributed by atoms with van der Waals surface area (Å²) in [6.07, 6.45) is 7.46. The van der Waals surface area contributed by atoms with Gasteiger partial charge in [0.05, 0.1) is 0 Å². The Balaban J connectivity index is 1.87. The van der Waals surface area contributed by atoms with Gasteiger partial charge in [-0.2, -0.15) is 11.8 Å². The molecule has 2 N–H and O–H groups in total. The van der Waals surface area contributed by atoms with E-state index in [9.17, 15) is 4.79 Å². The molecule has 3 atom stereocenters. The fourth-order valence-corrected chi connectivity index (χ4v) is 4.80. The fourth-order valence-electron chi connectivity index (χ4n) is 3.65. The number of alkyl carbamates (subject to hydrolysis) is 1. The van der Waals surface area contributed by atoms with Gasteiger partial charge >= 0.3 is 6.09 Å². The average Bonchev–Trinajstić information content (AvgIpc) is 2.97. The van der Waals surface area contributed by atoms with Gasteiger partial charge in [0.1, 0.15) is 5.60 Å². The Bertz CT molecular complexity index is 378. The quantitative estimate of drug-likeness (QED) is 0.794. The Labute approximate surface area is 145 Å². The molecule has 0 bridgehead atoms. The van der Waals surface area contributed by atoms with Crippen molar-refractivity contribution in [3.63, 3.8) is 0 Å². The maximum absolute atomic E-state index is 12.0. The van der Waals surface area contributed by atoms with E-state index in [-0.39, 0.29) is 6.09 Å². The van der Waals surface area contributed by atoms with Crippen molar-refractivity contribution in [1.82, 2.24) is 10.6 Å². The molecule has 134 valence electrons. The Morgan fingerprint density at radius 3 is 2.52 bits per heavy atom. The second-order valence-corrected chi connectivity index (χ2v) is 9.51. The SMILES string of the molecule is CC1SCCCC1NC(CNC(=O)OC(C)(C)C)C1CCCC1. The van der Waals surface area contributed by atoms with E-state index in [4.69, 9.17) is 4.74 Å². The molecule has 2 rings (SSSR count). The number of thioether (sulfide) groups is 1. The highest BCUT2D eigenvalue weighted by Gasteiger charge is 2.30. The predicted octanol–water partition coefficient (Wildman–Crippen LogP) is 3.94. The van der Waals surface area contributed by atoms with E-state index >= 15 is 0 Å². The van der Waals surface area contributed by atoms with E-state index in [2.05, 4.69) is 29.3 Å². The van der Waals surface area contributed by atoms with Gasteiger partial charge < -0.3 is 15.4 Å². The first kappa shape index (κ1) is 18.9. The van der Waals surface area contributed by atoms with Crippen LogP contribution in [-0.4, -0.2) is 41.3 Å². The Morgan fingerprint density at radius 1 is 1.22 bits per heavy atom. The minimum atomic E-state index is -0.436. The third-order valence-electron chi connectivity index (χ3n) is 4.87. The lowest BCUT2D eigenvalue weighted by molar-refractivity contribution is 0.0516.